The van der Waals surface area contributed by atoms with Gasteiger partial charge in [0.2, 0.25) is 0 Å². The van der Waals surface area contributed by atoms with E-state index in [9.17, 15) is 17.6 Å². The largest absolute Gasteiger partial charge is 0.429 e. The Labute approximate surface area is 134 Å². The number of hydrogen-bond acceptors (Lipinski definition) is 1. The van der Waals surface area contributed by atoms with Crippen molar-refractivity contribution in [1.82, 2.24) is 0 Å². The van der Waals surface area contributed by atoms with E-state index in [2.05, 4.69) is 23.8 Å². The van der Waals surface area contributed by atoms with Gasteiger partial charge in [-0.05, 0) is 68.1 Å². The molecule has 128 valence electrons. The molecule has 1 fully saturated rings. The SMILES string of the molecule is CCC=CCC1CCC(c2cc(F)c(OC(F)F)c(F)c2)CC1. The Morgan fingerprint density at radius 1 is 1.09 bits per heavy atom. The number of benzene rings is 1. The van der Waals surface area contributed by atoms with E-state index in [0.717, 1.165) is 50.7 Å². The molecule has 0 spiro atoms. The number of allylic oxidation sites excluding steroid dienone is 2. The molecule has 0 aliphatic heterocycles. The molecule has 2 rings (SSSR count). The van der Waals surface area contributed by atoms with Crippen LogP contribution in [0.15, 0.2) is 24.3 Å². The lowest BCUT2D eigenvalue weighted by atomic mass is 9.77. The highest BCUT2D eigenvalue weighted by Crippen LogP contribution is 2.39. The van der Waals surface area contributed by atoms with Gasteiger partial charge in [0.25, 0.3) is 0 Å². The van der Waals surface area contributed by atoms with Crippen LogP contribution in [0.3, 0.4) is 0 Å². The summed E-state index contributed by atoms with van der Waals surface area (Å²) in [6.45, 7) is -1.14. The van der Waals surface area contributed by atoms with Crippen LogP contribution in [0.25, 0.3) is 0 Å². The molecule has 0 unspecified atom stereocenters. The van der Waals surface area contributed by atoms with Crippen LogP contribution in [-0.2, 0) is 0 Å². The van der Waals surface area contributed by atoms with Crippen LogP contribution in [0.1, 0.15) is 56.9 Å². The average molecular weight is 330 g/mol. The number of halogens is 4. The molecule has 1 aliphatic carbocycles. The topological polar surface area (TPSA) is 9.23 Å². The van der Waals surface area contributed by atoms with Gasteiger partial charge in [-0.2, -0.15) is 8.78 Å². The summed E-state index contributed by atoms with van der Waals surface area (Å²) >= 11 is 0. The minimum absolute atomic E-state index is 0.0750. The van der Waals surface area contributed by atoms with Crippen LogP contribution < -0.4 is 4.74 Å². The summed E-state index contributed by atoms with van der Waals surface area (Å²) in [6.07, 6.45) is 10.2. The Balaban J connectivity index is 1.99. The normalized spacial score (nSPS) is 22.0. The number of hydrogen-bond donors (Lipinski definition) is 0. The van der Waals surface area contributed by atoms with Crippen LogP contribution in [0, 0.1) is 17.6 Å². The third kappa shape index (κ3) is 4.98. The maximum Gasteiger partial charge on any atom is 0.387 e. The molecule has 0 heterocycles. The van der Waals surface area contributed by atoms with E-state index in [1.54, 1.807) is 0 Å². The Morgan fingerprint density at radius 2 is 1.70 bits per heavy atom. The first kappa shape index (κ1) is 17.8. The van der Waals surface area contributed by atoms with Gasteiger partial charge in [0.1, 0.15) is 0 Å². The summed E-state index contributed by atoms with van der Waals surface area (Å²) in [5.41, 5.74) is 0.532. The van der Waals surface area contributed by atoms with Crippen molar-refractivity contribution in [3.05, 3.63) is 41.5 Å². The molecule has 0 aromatic heterocycles. The van der Waals surface area contributed by atoms with Gasteiger partial charge in [-0.3, -0.25) is 0 Å². The second-order valence-corrected chi connectivity index (χ2v) is 6.03. The van der Waals surface area contributed by atoms with Gasteiger partial charge in [0, 0.05) is 0 Å². The zero-order valence-electron chi connectivity index (χ0n) is 13.2. The molecule has 1 aromatic carbocycles. The standard InChI is InChI=1S/C18H22F4O/c1-2-3-4-5-12-6-8-13(9-7-12)14-10-15(19)17(16(20)11-14)23-18(21)22/h3-4,10-13,18H,2,5-9H2,1H3. The molecule has 0 bridgehead atoms. The fourth-order valence-electron chi connectivity index (χ4n) is 3.20. The molecule has 0 atom stereocenters. The van der Waals surface area contributed by atoms with Gasteiger partial charge < -0.3 is 4.74 Å². The lowest BCUT2D eigenvalue weighted by molar-refractivity contribution is -0.0546. The quantitative estimate of drug-likeness (QED) is 0.446. The lowest BCUT2D eigenvalue weighted by Gasteiger charge is -2.28. The van der Waals surface area contributed by atoms with Crippen molar-refractivity contribution in [3.8, 4) is 5.75 Å². The highest BCUT2D eigenvalue weighted by atomic mass is 19.3. The van der Waals surface area contributed by atoms with E-state index in [1.807, 2.05) is 0 Å². The molecule has 1 nitrogen and oxygen atoms in total. The van der Waals surface area contributed by atoms with Gasteiger partial charge in [0.15, 0.2) is 17.4 Å². The van der Waals surface area contributed by atoms with Gasteiger partial charge >= 0.3 is 6.61 Å². The van der Waals surface area contributed by atoms with Crippen molar-refractivity contribution >= 4 is 0 Å². The molecule has 0 N–H and O–H groups in total. The van der Waals surface area contributed by atoms with E-state index >= 15 is 0 Å². The smallest absolute Gasteiger partial charge is 0.387 e. The fourth-order valence-corrected chi connectivity index (χ4v) is 3.20. The Kier molecular flexibility index (Phi) is 6.48. The van der Waals surface area contributed by atoms with E-state index in [0.29, 0.717) is 11.5 Å². The molecule has 0 amide bonds. The van der Waals surface area contributed by atoms with E-state index in [1.165, 1.54) is 0 Å². The average Bonchev–Trinajstić information content (AvgIpc) is 2.51. The maximum absolute atomic E-state index is 13.8. The lowest BCUT2D eigenvalue weighted by Crippen LogP contribution is -2.14. The van der Waals surface area contributed by atoms with E-state index in [-0.39, 0.29) is 5.92 Å². The molecular weight excluding hydrogens is 308 g/mol. The first-order chi connectivity index (χ1) is 11.0. The highest BCUT2D eigenvalue weighted by Gasteiger charge is 2.24. The molecule has 23 heavy (non-hydrogen) atoms. The Bertz CT molecular complexity index is 511. The summed E-state index contributed by atoms with van der Waals surface area (Å²) in [4.78, 5) is 0. The van der Waals surface area contributed by atoms with Crippen LogP contribution in [-0.4, -0.2) is 6.61 Å². The molecule has 0 radical (unpaired) electrons. The van der Waals surface area contributed by atoms with Gasteiger partial charge in [-0.15, -0.1) is 0 Å². The number of alkyl halides is 2. The molecule has 1 saturated carbocycles. The second-order valence-electron chi connectivity index (χ2n) is 6.03. The van der Waals surface area contributed by atoms with E-state index in [4.69, 9.17) is 0 Å². The maximum atomic E-state index is 13.8. The Hall–Kier alpha value is -1.52. The molecule has 0 saturated heterocycles. The van der Waals surface area contributed by atoms with Gasteiger partial charge in [-0.1, -0.05) is 19.1 Å². The Morgan fingerprint density at radius 3 is 2.22 bits per heavy atom. The molecule has 1 aliphatic rings. The van der Waals surface area contributed by atoms with Gasteiger partial charge in [-0.25, -0.2) is 8.78 Å². The predicted molar refractivity (Wildman–Crippen MR) is 81.7 cm³/mol. The third-order valence-electron chi connectivity index (χ3n) is 4.42. The number of rotatable bonds is 6. The minimum Gasteiger partial charge on any atom is -0.429 e. The monoisotopic (exact) mass is 330 g/mol. The van der Waals surface area contributed by atoms with Crippen LogP contribution in [0.5, 0.6) is 5.75 Å². The molecule has 1 aromatic rings. The summed E-state index contributed by atoms with van der Waals surface area (Å²) in [5.74, 6) is -2.43. The predicted octanol–water partition coefficient (Wildman–Crippen LogP) is 6.20. The molecule has 5 heteroatoms. The van der Waals surface area contributed by atoms with Gasteiger partial charge in [0.05, 0.1) is 0 Å². The highest BCUT2D eigenvalue weighted by molar-refractivity contribution is 5.33. The first-order valence-corrected chi connectivity index (χ1v) is 8.10. The summed E-state index contributed by atoms with van der Waals surface area (Å²) in [6, 6.07) is 2.26. The zero-order valence-corrected chi connectivity index (χ0v) is 13.2. The third-order valence-corrected chi connectivity index (χ3v) is 4.42. The van der Waals surface area contributed by atoms with Crippen molar-refractivity contribution in [2.75, 3.05) is 0 Å². The van der Waals surface area contributed by atoms with Crippen LogP contribution in [0.2, 0.25) is 0 Å². The number of ether oxygens (including phenoxy) is 1. The van der Waals surface area contributed by atoms with E-state index < -0.39 is 24.0 Å². The van der Waals surface area contributed by atoms with Crippen LogP contribution >= 0.6 is 0 Å². The summed E-state index contributed by atoms with van der Waals surface area (Å²) in [7, 11) is 0. The van der Waals surface area contributed by atoms with Crippen LogP contribution in [0.4, 0.5) is 17.6 Å². The summed E-state index contributed by atoms with van der Waals surface area (Å²) in [5, 5.41) is 0. The fraction of sp³-hybridized carbons (Fsp3) is 0.556. The second kappa shape index (κ2) is 8.37. The van der Waals surface area contributed by atoms with Crippen molar-refractivity contribution in [2.45, 2.75) is 58.0 Å². The molecular formula is C18H22F4O. The van der Waals surface area contributed by atoms with Crippen molar-refractivity contribution < 1.29 is 22.3 Å². The van der Waals surface area contributed by atoms with Crippen molar-refractivity contribution in [1.29, 1.82) is 0 Å². The minimum atomic E-state index is -3.24. The van der Waals surface area contributed by atoms with Crippen molar-refractivity contribution in [2.24, 2.45) is 5.92 Å². The summed E-state index contributed by atoms with van der Waals surface area (Å²) < 4.78 is 55.8. The zero-order chi connectivity index (χ0) is 16.8. The first-order valence-electron chi connectivity index (χ1n) is 8.10. The van der Waals surface area contributed by atoms with Crippen molar-refractivity contribution in [3.63, 3.8) is 0 Å².